The first-order chi connectivity index (χ1) is 13.3. The molecule has 0 aliphatic rings. The fourth-order valence-corrected chi connectivity index (χ4v) is 3.91. The number of carbonyl (C=O) groups is 1. The SMILES string of the molecule is CC(C)c1ccc2nc3sc(C(=O)Nc4c[nH]c(=O)[nH]c4=O)c(N)c3cc2c1. The van der Waals surface area contributed by atoms with Gasteiger partial charge in [0.1, 0.15) is 15.4 Å². The van der Waals surface area contributed by atoms with Gasteiger partial charge in [-0.15, -0.1) is 11.3 Å². The number of carbonyl (C=O) groups excluding carboxylic acids is 1. The van der Waals surface area contributed by atoms with Crippen LogP contribution in [0.2, 0.25) is 0 Å². The van der Waals surface area contributed by atoms with Gasteiger partial charge in [0, 0.05) is 17.0 Å². The number of aromatic nitrogens is 3. The number of nitrogens with zero attached hydrogens (tertiary/aromatic N) is 1. The summed E-state index contributed by atoms with van der Waals surface area (Å²) in [5.74, 6) is -0.151. The van der Waals surface area contributed by atoms with Gasteiger partial charge in [-0.2, -0.15) is 0 Å². The Balaban J connectivity index is 1.77. The molecule has 0 spiro atoms. The Morgan fingerprint density at radius 2 is 2.04 bits per heavy atom. The van der Waals surface area contributed by atoms with E-state index in [-0.39, 0.29) is 10.6 Å². The quantitative estimate of drug-likeness (QED) is 0.423. The van der Waals surface area contributed by atoms with Crippen molar-refractivity contribution >= 4 is 49.7 Å². The van der Waals surface area contributed by atoms with E-state index in [9.17, 15) is 14.4 Å². The van der Waals surface area contributed by atoms with E-state index < -0.39 is 17.2 Å². The number of anilines is 2. The number of hydrogen-bond donors (Lipinski definition) is 4. The number of aromatic amines is 2. The highest BCUT2D eigenvalue weighted by Gasteiger charge is 2.19. The molecule has 4 aromatic rings. The van der Waals surface area contributed by atoms with Crippen LogP contribution in [-0.2, 0) is 0 Å². The minimum Gasteiger partial charge on any atom is -0.397 e. The van der Waals surface area contributed by atoms with Crippen molar-refractivity contribution in [3.05, 3.63) is 61.7 Å². The normalized spacial score (nSPS) is 11.4. The van der Waals surface area contributed by atoms with Crippen LogP contribution in [0.25, 0.3) is 21.1 Å². The lowest BCUT2D eigenvalue weighted by Gasteiger charge is -2.06. The molecule has 8 nitrogen and oxygen atoms in total. The van der Waals surface area contributed by atoms with Gasteiger partial charge in [0.25, 0.3) is 11.5 Å². The van der Waals surface area contributed by atoms with Gasteiger partial charge in [0.2, 0.25) is 0 Å². The summed E-state index contributed by atoms with van der Waals surface area (Å²) in [6.07, 6.45) is 1.14. The molecule has 0 fully saturated rings. The van der Waals surface area contributed by atoms with Crippen molar-refractivity contribution in [2.24, 2.45) is 0 Å². The van der Waals surface area contributed by atoms with E-state index in [1.165, 1.54) is 5.56 Å². The number of thiophene rings is 1. The van der Waals surface area contributed by atoms with E-state index in [0.717, 1.165) is 28.4 Å². The summed E-state index contributed by atoms with van der Waals surface area (Å²) >= 11 is 1.15. The van der Waals surface area contributed by atoms with Crippen LogP contribution in [0.3, 0.4) is 0 Å². The van der Waals surface area contributed by atoms with Crippen LogP contribution >= 0.6 is 11.3 Å². The van der Waals surface area contributed by atoms with Gasteiger partial charge in [-0.3, -0.25) is 14.6 Å². The van der Waals surface area contributed by atoms with Crippen molar-refractivity contribution in [1.29, 1.82) is 0 Å². The largest absolute Gasteiger partial charge is 0.397 e. The molecule has 1 aromatic carbocycles. The maximum atomic E-state index is 12.6. The summed E-state index contributed by atoms with van der Waals surface area (Å²) in [5, 5.41) is 4.12. The number of nitrogens with one attached hydrogen (secondary N) is 3. The average Bonchev–Trinajstić information content (AvgIpc) is 2.97. The summed E-state index contributed by atoms with van der Waals surface area (Å²) in [4.78, 5) is 45.4. The predicted molar refractivity (Wildman–Crippen MR) is 111 cm³/mol. The summed E-state index contributed by atoms with van der Waals surface area (Å²) in [5.41, 5.74) is 7.12. The van der Waals surface area contributed by atoms with Crippen LogP contribution in [0, 0.1) is 0 Å². The van der Waals surface area contributed by atoms with Crippen molar-refractivity contribution in [3.63, 3.8) is 0 Å². The number of hydrogen-bond acceptors (Lipinski definition) is 6. The lowest BCUT2D eigenvalue weighted by molar-refractivity contribution is 0.103. The number of H-pyrrole nitrogens is 2. The van der Waals surface area contributed by atoms with Crippen LogP contribution in [0.1, 0.15) is 35.0 Å². The molecular weight excluding hydrogens is 378 g/mol. The van der Waals surface area contributed by atoms with Crippen molar-refractivity contribution in [2.45, 2.75) is 19.8 Å². The highest BCUT2D eigenvalue weighted by Crippen LogP contribution is 2.35. The number of pyridine rings is 1. The number of rotatable bonds is 3. The van der Waals surface area contributed by atoms with Crippen molar-refractivity contribution in [1.82, 2.24) is 15.0 Å². The van der Waals surface area contributed by atoms with E-state index >= 15 is 0 Å². The van der Waals surface area contributed by atoms with Gasteiger partial charge in [0.05, 0.1) is 11.2 Å². The van der Waals surface area contributed by atoms with E-state index in [1.807, 2.05) is 18.2 Å². The van der Waals surface area contributed by atoms with Crippen molar-refractivity contribution < 1.29 is 4.79 Å². The van der Waals surface area contributed by atoms with Gasteiger partial charge in [-0.1, -0.05) is 19.9 Å². The minimum absolute atomic E-state index is 0.0684. The minimum atomic E-state index is -0.693. The Morgan fingerprint density at radius 1 is 1.25 bits per heavy atom. The summed E-state index contributed by atoms with van der Waals surface area (Å²) < 4.78 is 0. The average molecular weight is 395 g/mol. The second-order valence-electron chi connectivity index (χ2n) is 6.73. The standard InChI is InChI=1S/C19H17N5O3S/c1-8(2)9-3-4-12-10(5-9)6-11-14(20)15(28-18(11)23-12)17(26)22-13-7-21-19(27)24-16(13)25/h3-8H,20H2,1-2H3,(H,22,26)(H2,21,24,25,27). The molecule has 0 unspecified atom stereocenters. The smallest absolute Gasteiger partial charge is 0.325 e. The third-order valence-electron chi connectivity index (χ3n) is 4.48. The molecule has 9 heteroatoms. The third-order valence-corrected chi connectivity index (χ3v) is 5.59. The second kappa shape index (κ2) is 6.61. The Hall–Kier alpha value is -3.46. The van der Waals surface area contributed by atoms with Crippen LogP contribution in [0.15, 0.2) is 40.1 Å². The molecule has 142 valence electrons. The van der Waals surface area contributed by atoms with Crippen LogP contribution in [0.4, 0.5) is 11.4 Å². The fraction of sp³-hybridized carbons (Fsp3) is 0.158. The van der Waals surface area contributed by atoms with E-state index in [1.54, 1.807) is 0 Å². The predicted octanol–water partition coefficient (Wildman–Crippen LogP) is 2.78. The Bertz CT molecular complexity index is 1350. The van der Waals surface area contributed by atoms with Gasteiger partial charge in [0.15, 0.2) is 0 Å². The monoisotopic (exact) mass is 395 g/mol. The molecule has 0 aliphatic carbocycles. The first-order valence-electron chi connectivity index (χ1n) is 8.59. The van der Waals surface area contributed by atoms with E-state index in [0.29, 0.717) is 21.8 Å². The zero-order chi connectivity index (χ0) is 20.0. The van der Waals surface area contributed by atoms with Gasteiger partial charge in [-0.25, -0.2) is 9.78 Å². The summed E-state index contributed by atoms with van der Waals surface area (Å²) in [6.45, 7) is 4.24. The summed E-state index contributed by atoms with van der Waals surface area (Å²) in [6, 6.07) is 8.00. The molecule has 28 heavy (non-hydrogen) atoms. The Kier molecular flexibility index (Phi) is 4.23. The van der Waals surface area contributed by atoms with Crippen molar-refractivity contribution in [2.75, 3.05) is 11.1 Å². The molecule has 0 bridgehead atoms. The zero-order valence-corrected chi connectivity index (χ0v) is 15.9. The van der Waals surface area contributed by atoms with Crippen molar-refractivity contribution in [3.8, 4) is 0 Å². The first kappa shape index (κ1) is 17.9. The number of amides is 1. The number of nitrogen functional groups attached to an aromatic ring is 1. The maximum absolute atomic E-state index is 12.6. The maximum Gasteiger partial charge on any atom is 0.325 e. The highest BCUT2D eigenvalue weighted by atomic mass is 32.1. The molecule has 3 aromatic heterocycles. The molecule has 4 rings (SSSR count). The molecule has 3 heterocycles. The Labute approximate surface area is 162 Å². The van der Waals surface area contributed by atoms with E-state index in [2.05, 4.69) is 40.2 Å². The molecule has 0 radical (unpaired) electrons. The molecule has 0 atom stereocenters. The molecule has 5 N–H and O–H groups in total. The number of nitrogens with two attached hydrogens (primary N) is 1. The highest BCUT2D eigenvalue weighted by molar-refractivity contribution is 7.21. The molecular formula is C19H17N5O3S. The summed E-state index contributed by atoms with van der Waals surface area (Å²) in [7, 11) is 0. The topological polar surface area (TPSA) is 134 Å². The molecule has 0 aliphatic heterocycles. The first-order valence-corrected chi connectivity index (χ1v) is 9.41. The van der Waals surface area contributed by atoms with Crippen LogP contribution in [-0.4, -0.2) is 20.9 Å². The van der Waals surface area contributed by atoms with Crippen LogP contribution < -0.4 is 22.3 Å². The number of benzene rings is 1. The second-order valence-corrected chi connectivity index (χ2v) is 7.73. The van der Waals surface area contributed by atoms with Gasteiger partial charge in [-0.05, 0) is 29.7 Å². The lowest BCUT2D eigenvalue weighted by atomic mass is 10.0. The van der Waals surface area contributed by atoms with Gasteiger partial charge < -0.3 is 16.0 Å². The number of fused-ring (bicyclic) bond motifs is 2. The van der Waals surface area contributed by atoms with Gasteiger partial charge >= 0.3 is 5.69 Å². The fourth-order valence-electron chi connectivity index (χ4n) is 2.93. The molecule has 1 amide bonds. The lowest BCUT2D eigenvalue weighted by Crippen LogP contribution is -2.26. The third kappa shape index (κ3) is 3.05. The Morgan fingerprint density at radius 3 is 2.75 bits per heavy atom. The van der Waals surface area contributed by atoms with Crippen LogP contribution in [0.5, 0.6) is 0 Å². The van der Waals surface area contributed by atoms with E-state index in [4.69, 9.17) is 5.73 Å². The molecule has 0 saturated heterocycles. The zero-order valence-electron chi connectivity index (χ0n) is 15.1. The molecule has 0 saturated carbocycles.